The Morgan fingerprint density at radius 3 is 2.75 bits per heavy atom. The van der Waals surface area contributed by atoms with Gasteiger partial charge in [-0.3, -0.25) is 4.90 Å². The number of halogens is 1. The summed E-state index contributed by atoms with van der Waals surface area (Å²) in [6.07, 6.45) is 6.05. The first-order valence-electron chi connectivity index (χ1n) is 11.9. The molecule has 7 rings (SSSR count). The molecule has 0 amide bonds. The van der Waals surface area contributed by atoms with Crippen LogP contribution in [-0.2, 0) is 11.2 Å². The lowest BCUT2D eigenvalue weighted by Crippen LogP contribution is -2.44. The molecule has 0 radical (unpaired) electrons. The number of hydrogen-bond donors (Lipinski definition) is 2. The zero-order valence-corrected chi connectivity index (χ0v) is 18.1. The predicted molar refractivity (Wildman–Crippen MR) is 122 cm³/mol. The van der Waals surface area contributed by atoms with Crippen molar-refractivity contribution in [3.63, 3.8) is 0 Å². The van der Waals surface area contributed by atoms with E-state index in [2.05, 4.69) is 31.2 Å². The van der Waals surface area contributed by atoms with Crippen molar-refractivity contribution in [3.8, 4) is 0 Å². The zero-order valence-electron chi connectivity index (χ0n) is 18.1. The van der Waals surface area contributed by atoms with Crippen molar-refractivity contribution >= 4 is 16.9 Å². The van der Waals surface area contributed by atoms with Crippen molar-refractivity contribution < 1.29 is 10.6 Å². The van der Waals surface area contributed by atoms with Crippen LogP contribution in [0.5, 0.6) is 0 Å². The number of benzene rings is 1. The Kier molecular flexibility index (Phi) is 4.31. The number of aromatic amines is 1. The maximum atomic E-state index is 14.0. The van der Waals surface area contributed by atoms with Crippen LogP contribution in [-0.4, -0.2) is 52.2 Å². The molecule has 2 aromatic heterocycles. The molecule has 2 saturated heterocycles. The Hall–Kier alpha value is -2.51. The molecule has 2 aliphatic carbocycles. The van der Waals surface area contributed by atoms with E-state index in [0.29, 0.717) is 23.8 Å². The van der Waals surface area contributed by atoms with E-state index in [1.54, 1.807) is 18.5 Å². The zero-order chi connectivity index (χ0) is 21.2. The number of nitrogens with zero attached hydrogens (tertiary/aromatic N) is 3. The number of anilines is 1. The van der Waals surface area contributed by atoms with Crippen LogP contribution in [0.15, 0.2) is 30.6 Å². The summed E-state index contributed by atoms with van der Waals surface area (Å²) < 4.78 is 19.7. The Labute approximate surface area is 188 Å². The Balaban J connectivity index is 0.00000206. The van der Waals surface area contributed by atoms with E-state index in [1.165, 1.54) is 24.1 Å². The molecule has 4 atom stereocenters. The summed E-state index contributed by atoms with van der Waals surface area (Å²) in [5, 5.41) is 4.85. The van der Waals surface area contributed by atoms with Gasteiger partial charge in [0.15, 0.2) is 0 Å². The van der Waals surface area contributed by atoms with E-state index in [1.807, 2.05) is 6.07 Å². The van der Waals surface area contributed by atoms with Crippen LogP contribution in [0.2, 0.25) is 0 Å². The SMILES string of the molecule is Fc1ccc2c(c1)CC[C@@H](N1C[C@H]3COC[C@H]3C1)[C@@H]2Nc1ncnc2[nH]c(C3CC3)cc12.[HH]. The highest BCUT2D eigenvalue weighted by molar-refractivity contribution is 5.88. The summed E-state index contributed by atoms with van der Waals surface area (Å²) in [6, 6.07) is 7.92. The van der Waals surface area contributed by atoms with E-state index in [0.717, 1.165) is 61.6 Å². The molecule has 2 aliphatic heterocycles. The molecule has 3 fully saturated rings. The van der Waals surface area contributed by atoms with E-state index in [9.17, 15) is 4.39 Å². The van der Waals surface area contributed by atoms with Gasteiger partial charge in [0, 0.05) is 38.1 Å². The first-order valence-corrected chi connectivity index (χ1v) is 11.9. The quantitative estimate of drug-likeness (QED) is 0.641. The number of nitrogens with one attached hydrogen (secondary N) is 2. The van der Waals surface area contributed by atoms with Gasteiger partial charge < -0.3 is 15.0 Å². The third-order valence-corrected chi connectivity index (χ3v) is 8.03. The van der Waals surface area contributed by atoms with Gasteiger partial charge >= 0.3 is 0 Å². The number of aromatic nitrogens is 3. The number of fused-ring (bicyclic) bond motifs is 3. The second kappa shape index (κ2) is 7.25. The van der Waals surface area contributed by atoms with Crippen molar-refractivity contribution in [2.45, 2.75) is 43.7 Å². The van der Waals surface area contributed by atoms with Gasteiger partial charge in [0.05, 0.1) is 24.6 Å². The summed E-state index contributed by atoms with van der Waals surface area (Å²) in [4.78, 5) is 15.3. The highest BCUT2D eigenvalue weighted by Crippen LogP contribution is 2.43. The van der Waals surface area contributed by atoms with Gasteiger partial charge in [-0.15, -0.1) is 0 Å². The second-order valence-corrected chi connectivity index (χ2v) is 10.1. The number of hydrogen-bond acceptors (Lipinski definition) is 5. The summed E-state index contributed by atoms with van der Waals surface area (Å²) in [5.41, 5.74) is 4.46. The van der Waals surface area contributed by atoms with Crippen LogP contribution >= 0.6 is 0 Å². The topological polar surface area (TPSA) is 66.1 Å². The molecule has 0 unspecified atom stereocenters. The smallest absolute Gasteiger partial charge is 0.143 e. The van der Waals surface area contributed by atoms with E-state index in [4.69, 9.17) is 4.74 Å². The molecule has 4 aliphatic rings. The van der Waals surface area contributed by atoms with Crippen LogP contribution < -0.4 is 5.32 Å². The van der Waals surface area contributed by atoms with Gasteiger partial charge in [-0.2, -0.15) is 0 Å². The summed E-state index contributed by atoms with van der Waals surface area (Å²) in [5.74, 6) is 2.63. The minimum Gasteiger partial charge on any atom is -0.381 e. The molecule has 7 heteroatoms. The first-order chi connectivity index (χ1) is 15.7. The number of likely N-dealkylation sites (tertiary alicyclic amines) is 1. The van der Waals surface area contributed by atoms with Crippen molar-refractivity contribution in [2.75, 3.05) is 31.6 Å². The fourth-order valence-electron chi connectivity index (χ4n) is 6.17. The number of aryl methyl sites for hydroxylation is 1. The van der Waals surface area contributed by atoms with E-state index < -0.39 is 0 Å². The van der Waals surface area contributed by atoms with Gasteiger partial charge in [-0.25, -0.2) is 14.4 Å². The Morgan fingerprint density at radius 2 is 1.94 bits per heavy atom. The van der Waals surface area contributed by atoms with Crippen LogP contribution in [0.25, 0.3) is 11.0 Å². The van der Waals surface area contributed by atoms with Crippen LogP contribution in [0, 0.1) is 17.7 Å². The fraction of sp³-hybridized carbons (Fsp3) is 0.520. The summed E-state index contributed by atoms with van der Waals surface area (Å²) >= 11 is 0. The Bertz CT molecular complexity index is 1170. The van der Waals surface area contributed by atoms with Crippen molar-refractivity contribution in [1.29, 1.82) is 0 Å². The lowest BCUT2D eigenvalue weighted by Gasteiger charge is -2.40. The highest BCUT2D eigenvalue weighted by Gasteiger charge is 2.43. The predicted octanol–water partition coefficient (Wildman–Crippen LogP) is 4.27. The third kappa shape index (κ3) is 3.13. The fourth-order valence-corrected chi connectivity index (χ4v) is 6.17. The lowest BCUT2D eigenvalue weighted by molar-refractivity contribution is 0.127. The van der Waals surface area contributed by atoms with Crippen LogP contribution in [0.4, 0.5) is 10.2 Å². The minimum absolute atomic E-state index is 0. The van der Waals surface area contributed by atoms with Gasteiger partial charge in [0.2, 0.25) is 0 Å². The third-order valence-electron chi connectivity index (χ3n) is 8.03. The van der Waals surface area contributed by atoms with Gasteiger partial charge in [0.25, 0.3) is 0 Å². The van der Waals surface area contributed by atoms with Gasteiger partial charge in [0.1, 0.15) is 23.6 Å². The maximum Gasteiger partial charge on any atom is 0.143 e. The molecule has 4 heterocycles. The normalized spacial score (nSPS) is 29.9. The van der Waals surface area contributed by atoms with Crippen molar-refractivity contribution in [2.24, 2.45) is 11.8 Å². The molecule has 3 aromatic rings. The van der Waals surface area contributed by atoms with Crippen molar-refractivity contribution in [3.05, 3.63) is 53.2 Å². The molecule has 1 saturated carbocycles. The maximum absolute atomic E-state index is 14.0. The lowest BCUT2D eigenvalue weighted by atomic mass is 9.83. The molecular formula is C25H30FN5O. The van der Waals surface area contributed by atoms with E-state index >= 15 is 0 Å². The Morgan fingerprint density at radius 1 is 1.09 bits per heavy atom. The first kappa shape index (κ1) is 19.0. The average Bonchev–Trinajstić information content (AvgIpc) is 3.20. The average molecular weight is 436 g/mol. The molecule has 0 spiro atoms. The minimum atomic E-state index is -0.155. The second-order valence-electron chi connectivity index (χ2n) is 10.1. The molecular weight excluding hydrogens is 405 g/mol. The molecule has 168 valence electrons. The summed E-state index contributed by atoms with van der Waals surface area (Å²) in [6.45, 7) is 3.93. The molecule has 0 bridgehead atoms. The number of H-pyrrole nitrogens is 1. The standard InChI is InChI=1S/C25H28FN5O.H2/c26-18-4-5-19-15(7-18)3-6-22(31-9-16-11-32-12-17(16)10-31)23(19)30-25-20-8-21(14-1-2-14)29-24(20)27-13-28-25;/h4-5,7-8,13-14,16-17,22-23H,1-3,6,9-12H2,(H2,27,28,29,30);1H/t16-,17+,22-,23-;/m1./s1. The molecule has 1 aromatic carbocycles. The molecule has 32 heavy (non-hydrogen) atoms. The summed E-state index contributed by atoms with van der Waals surface area (Å²) in [7, 11) is 0. The largest absolute Gasteiger partial charge is 0.381 e. The van der Waals surface area contributed by atoms with Gasteiger partial charge in [-0.05, 0) is 60.9 Å². The molecule has 6 nitrogen and oxygen atoms in total. The number of rotatable bonds is 4. The van der Waals surface area contributed by atoms with Gasteiger partial charge in [-0.1, -0.05) is 6.07 Å². The molecule has 2 N–H and O–H groups in total. The highest BCUT2D eigenvalue weighted by atomic mass is 19.1. The monoisotopic (exact) mass is 435 g/mol. The van der Waals surface area contributed by atoms with E-state index in [-0.39, 0.29) is 13.3 Å². The van der Waals surface area contributed by atoms with Crippen molar-refractivity contribution in [1.82, 2.24) is 19.9 Å². The van der Waals surface area contributed by atoms with Crippen LogP contribution in [0.1, 0.15) is 49.5 Å². The van der Waals surface area contributed by atoms with Crippen LogP contribution in [0.3, 0.4) is 0 Å². The number of ether oxygens (including phenoxy) is 1.